The van der Waals surface area contributed by atoms with Crippen LogP contribution in [-0.4, -0.2) is 31.8 Å². The lowest BCUT2D eigenvalue weighted by Crippen LogP contribution is -2.23. The summed E-state index contributed by atoms with van der Waals surface area (Å²) in [5.41, 5.74) is 5.98. The van der Waals surface area contributed by atoms with Crippen LogP contribution in [0.3, 0.4) is 0 Å². The number of sulfonamides is 1. The molecule has 0 spiro atoms. The molecule has 1 aromatic carbocycles. The second kappa shape index (κ2) is 5.48. The van der Waals surface area contributed by atoms with Gasteiger partial charge in [0.2, 0.25) is 10.0 Å². The Morgan fingerprint density at radius 1 is 1.20 bits per heavy atom. The first kappa shape index (κ1) is 14.3. The predicted octanol–water partition coefficient (Wildman–Crippen LogP) is 1.71. The number of rotatable bonds is 4. The van der Waals surface area contributed by atoms with Gasteiger partial charge in [-0.2, -0.15) is 0 Å². The van der Waals surface area contributed by atoms with Crippen molar-refractivity contribution in [3.05, 3.63) is 42.7 Å². The molecule has 0 unspecified atom stereocenters. The molecule has 0 saturated heterocycles. The summed E-state index contributed by atoms with van der Waals surface area (Å²) in [7, 11) is -0.714. The summed E-state index contributed by atoms with van der Waals surface area (Å²) >= 11 is 0. The Bertz CT molecular complexity index is 700. The largest absolute Gasteiger partial charge is 0.454 e. The van der Waals surface area contributed by atoms with E-state index in [-0.39, 0.29) is 16.3 Å². The number of aromatic nitrogens is 1. The van der Waals surface area contributed by atoms with E-state index in [1.807, 2.05) is 0 Å². The fourth-order valence-electron chi connectivity index (χ4n) is 1.57. The molecule has 1 heterocycles. The summed E-state index contributed by atoms with van der Waals surface area (Å²) in [5.74, 6) is 0.763. The summed E-state index contributed by atoms with van der Waals surface area (Å²) in [6.45, 7) is 0. The maximum atomic E-state index is 12.1. The third kappa shape index (κ3) is 2.73. The number of hydrogen-bond acceptors (Lipinski definition) is 5. The zero-order valence-electron chi connectivity index (χ0n) is 11.1. The zero-order chi connectivity index (χ0) is 14.8. The molecule has 0 atom stereocenters. The van der Waals surface area contributed by atoms with Crippen LogP contribution in [0.1, 0.15) is 0 Å². The molecule has 6 nitrogen and oxygen atoms in total. The van der Waals surface area contributed by atoms with Crippen LogP contribution in [0.5, 0.6) is 11.5 Å². The van der Waals surface area contributed by atoms with Crippen LogP contribution in [0.4, 0.5) is 5.69 Å². The van der Waals surface area contributed by atoms with Crippen LogP contribution in [-0.2, 0) is 10.0 Å². The van der Waals surface area contributed by atoms with Crippen molar-refractivity contribution in [3.8, 4) is 11.5 Å². The van der Waals surface area contributed by atoms with Crippen LogP contribution in [0.25, 0.3) is 0 Å². The highest BCUT2D eigenvalue weighted by molar-refractivity contribution is 7.89. The number of ether oxygens (including phenoxy) is 1. The van der Waals surface area contributed by atoms with Gasteiger partial charge in [0.1, 0.15) is 10.6 Å². The Morgan fingerprint density at radius 3 is 2.55 bits per heavy atom. The van der Waals surface area contributed by atoms with Crippen molar-refractivity contribution in [2.45, 2.75) is 4.90 Å². The Kier molecular flexibility index (Phi) is 3.91. The van der Waals surface area contributed by atoms with Crippen molar-refractivity contribution in [3.63, 3.8) is 0 Å². The maximum absolute atomic E-state index is 12.1. The van der Waals surface area contributed by atoms with Gasteiger partial charge in [0.05, 0.1) is 11.9 Å². The second-order valence-corrected chi connectivity index (χ2v) is 6.37. The molecule has 0 saturated carbocycles. The van der Waals surface area contributed by atoms with Crippen molar-refractivity contribution < 1.29 is 13.2 Å². The molecule has 0 amide bonds. The lowest BCUT2D eigenvalue weighted by Gasteiger charge is -2.15. The Labute approximate surface area is 117 Å². The first-order chi connectivity index (χ1) is 9.43. The molecule has 2 aromatic rings. The lowest BCUT2D eigenvalue weighted by molar-refractivity contribution is 0.480. The summed E-state index contributed by atoms with van der Waals surface area (Å²) in [5, 5.41) is 0. The van der Waals surface area contributed by atoms with E-state index in [4.69, 9.17) is 10.5 Å². The highest BCUT2D eigenvalue weighted by atomic mass is 32.2. The van der Waals surface area contributed by atoms with E-state index in [0.29, 0.717) is 5.75 Å². The number of nitrogens with two attached hydrogens (primary N) is 1. The standard InChI is InChI=1S/C13H15N3O3S/c1-16(2)20(17,18)12-7-3-6-11(13(12)14)19-10-5-4-8-15-9-10/h3-9H,14H2,1-2H3. The molecule has 1 aromatic heterocycles. The molecule has 106 valence electrons. The lowest BCUT2D eigenvalue weighted by atomic mass is 10.3. The van der Waals surface area contributed by atoms with E-state index in [2.05, 4.69) is 4.98 Å². The summed E-state index contributed by atoms with van der Waals surface area (Å²) in [4.78, 5) is 3.94. The molecule has 7 heteroatoms. The summed E-state index contributed by atoms with van der Waals surface area (Å²) < 4.78 is 30.9. The summed E-state index contributed by atoms with van der Waals surface area (Å²) in [6.07, 6.45) is 3.13. The Morgan fingerprint density at radius 2 is 1.95 bits per heavy atom. The molecule has 0 fully saturated rings. The van der Waals surface area contributed by atoms with E-state index < -0.39 is 10.0 Å². The molecule has 0 aliphatic carbocycles. The van der Waals surface area contributed by atoms with E-state index in [1.54, 1.807) is 30.5 Å². The van der Waals surface area contributed by atoms with Gasteiger partial charge in [-0.15, -0.1) is 0 Å². The SMILES string of the molecule is CN(C)S(=O)(=O)c1cccc(Oc2cccnc2)c1N. The van der Waals surface area contributed by atoms with Gasteiger partial charge >= 0.3 is 0 Å². The second-order valence-electron chi connectivity index (χ2n) is 4.25. The van der Waals surface area contributed by atoms with Crippen LogP contribution in [0.15, 0.2) is 47.6 Å². The molecule has 2 rings (SSSR count). The molecule has 20 heavy (non-hydrogen) atoms. The fraction of sp³-hybridized carbons (Fsp3) is 0.154. The average Bonchev–Trinajstić information content (AvgIpc) is 2.42. The number of benzene rings is 1. The van der Waals surface area contributed by atoms with Gasteiger partial charge in [0, 0.05) is 20.3 Å². The smallest absolute Gasteiger partial charge is 0.244 e. The van der Waals surface area contributed by atoms with Gasteiger partial charge < -0.3 is 10.5 Å². The van der Waals surface area contributed by atoms with Crippen molar-refractivity contribution in [2.24, 2.45) is 0 Å². The minimum atomic E-state index is -3.61. The van der Waals surface area contributed by atoms with Crippen LogP contribution in [0.2, 0.25) is 0 Å². The number of nitrogens with zero attached hydrogens (tertiary/aromatic N) is 2. The summed E-state index contributed by atoms with van der Waals surface area (Å²) in [6, 6.07) is 8.06. The van der Waals surface area contributed by atoms with E-state index >= 15 is 0 Å². The Hall–Kier alpha value is -2.12. The number of nitrogen functional groups attached to an aromatic ring is 1. The van der Waals surface area contributed by atoms with Crippen LogP contribution >= 0.6 is 0 Å². The van der Waals surface area contributed by atoms with Crippen molar-refractivity contribution >= 4 is 15.7 Å². The average molecular weight is 293 g/mol. The highest BCUT2D eigenvalue weighted by Crippen LogP contribution is 2.32. The van der Waals surface area contributed by atoms with E-state index in [9.17, 15) is 8.42 Å². The monoisotopic (exact) mass is 293 g/mol. The van der Waals surface area contributed by atoms with Gasteiger partial charge in [0.25, 0.3) is 0 Å². The maximum Gasteiger partial charge on any atom is 0.244 e. The third-order valence-corrected chi connectivity index (χ3v) is 4.52. The topological polar surface area (TPSA) is 85.5 Å². The first-order valence-corrected chi connectivity index (χ1v) is 7.26. The number of hydrogen-bond donors (Lipinski definition) is 1. The Balaban J connectivity index is 2.43. The quantitative estimate of drug-likeness (QED) is 0.867. The third-order valence-electron chi connectivity index (χ3n) is 2.65. The fourth-order valence-corrected chi connectivity index (χ4v) is 2.59. The highest BCUT2D eigenvalue weighted by Gasteiger charge is 2.22. The number of pyridine rings is 1. The first-order valence-electron chi connectivity index (χ1n) is 5.82. The van der Waals surface area contributed by atoms with Crippen molar-refractivity contribution in [1.82, 2.24) is 9.29 Å². The predicted molar refractivity (Wildman–Crippen MR) is 76.0 cm³/mol. The molecule has 0 aliphatic heterocycles. The molecule has 2 N–H and O–H groups in total. The molecule has 0 aliphatic rings. The van der Waals surface area contributed by atoms with Crippen molar-refractivity contribution in [2.75, 3.05) is 19.8 Å². The van der Waals surface area contributed by atoms with Gasteiger partial charge in [-0.25, -0.2) is 12.7 Å². The van der Waals surface area contributed by atoms with E-state index in [0.717, 1.165) is 4.31 Å². The van der Waals surface area contributed by atoms with Crippen LogP contribution in [0, 0.1) is 0 Å². The van der Waals surface area contributed by atoms with Crippen molar-refractivity contribution in [1.29, 1.82) is 0 Å². The molecule has 0 radical (unpaired) electrons. The molecular weight excluding hydrogens is 278 g/mol. The minimum absolute atomic E-state index is 0.0175. The zero-order valence-corrected chi connectivity index (χ0v) is 12.0. The van der Waals surface area contributed by atoms with E-state index in [1.165, 1.54) is 26.4 Å². The van der Waals surface area contributed by atoms with Gasteiger partial charge in [-0.05, 0) is 24.3 Å². The molecule has 0 bridgehead atoms. The number of anilines is 1. The van der Waals surface area contributed by atoms with Gasteiger partial charge in [0.15, 0.2) is 5.75 Å². The normalized spacial score (nSPS) is 11.6. The van der Waals surface area contributed by atoms with Gasteiger partial charge in [-0.3, -0.25) is 4.98 Å². The minimum Gasteiger partial charge on any atom is -0.454 e. The van der Waals surface area contributed by atoms with Crippen LogP contribution < -0.4 is 10.5 Å². The number of para-hydroxylation sites is 1. The van der Waals surface area contributed by atoms with Gasteiger partial charge in [-0.1, -0.05) is 6.07 Å². The molecular formula is C13H15N3O3S.